The predicted octanol–water partition coefficient (Wildman–Crippen LogP) is 1.20. The van der Waals surface area contributed by atoms with Gasteiger partial charge in [-0.1, -0.05) is 23.2 Å². The molecule has 0 aromatic heterocycles. The quantitative estimate of drug-likeness (QED) is 0.630. The topological polar surface area (TPSA) is 40.1 Å². The van der Waals surface area contributed by atoms with Crippen molar-refractivity contribution >= 4 is 11.1 Å². The van der Waals surface area contributed by atoms with Crippen LogP contribution in [0.15, 0.2) is 24.3 Å². The molecule has 1 aromatic carbocycles. The Morgan fingerprint density at radius 2 is 2.27 bits per heavy atom. The van der Waals surface area contributed by atoms with Gasteiger partial charge in [-0.15, -0.1) is 0 Å². The van der Waals surface area contributed by atoms with Crippen molar-refractivity contribution in [2.75, 3.05) is 0 Å². The number of hydrogen-bond acceptors (Lipinski definition) is 2. The number of rotatable bonds is 2. The highest BCUT2D eigenvalue weighted by Crippen LogP contribution is 2.04. The van der Waals surface area contributed by atoms with Crippen molar-refractivity contribution in [2.24, 2.45) is 0 Å². The van der Waals surface area contributed by atoms with Crippen LogP contribution in [0.25, 0.3) is 0 Å². The average Bonchev–Trinajstić information content (AvgIpc) is 1.85. The Labute approximate surface area is 66.3 Å². The molecule has 1 unspecified atom stereocenters. The lowest BCUT2D eigenvalue weighted by Crippen LogP contribution is -1.93. The molecule has 2 nitrogen and oxygen atoms in total. The summed E-state index contributed by atoms with van der Waals surface area (Å²) < 4.78 is 32.7. The molecule has 0 fully saturated rings. The second-order valence-electron chi connectivity index (χ2n) is 2.08. The van der Waals surface area contributed by atoms with Gasteiger partial charge in [-0.25, -0.2) is 4.39 Å². The molecule has 0 saturated carbocycles. The standard InChI is InChI=1S/C7H7FO2S/c8-7-3-1-2-6(4-7)5-11(9)10/h1-4H,5H2,(H,9,10)/p-1. The third-order valence-corrected chi connectivity index (χ3v) is 1.74. The van der Waals surface area contributed by atoms with Crippen molar-refractivity contribution in [1.82, 2.24) is 0 Å². The first kappa shape index (κ1) is 8.36. The molecule has 0 bridgehead atoms. The van der Waals surface area contributed by atoms with E-state index in [9.17, 15) is 13.2 Å². The predicted molar refractivity (Wildman–Crippen MR) is 39.0 cm³/mol. The van der Waals surface area contributed by atoms with Gasteiger partial charge in [0.05, 0.1) is 0 Å². The summed E-state index contributed by atoms with van der Waals surface area (Å²) in [6.45, 7) is 0. The maximum atomic E-state index is 12.4. The summed E-state index contributed by atoms with van der Waals surface area (Å²) in [6.07, 6.45) is 0. The van der Waals surface area contributed by atoms with E-state index < -0.39 is 16.9 Å². The van der Waals surface area contributed by atoms with E-state index in [1.807, 2.05) is 0 Å². The van der Waals surface area contributed by atoms with Crippen LogP contribution in [0.2, 0.25) is 0 Å². The molecule has 60 valence electrons. The minimum Gasteiger partial charge on any atom is -0.772 e. The van der Waals surface area contributed by atoms with Gasteiger partial charge in [0.15, 0.2) is 0 Å². The van der Waals surface area contributed by atoms with Gasteiger partial charge in [0, 0.05) is 5.75 Å². The van der Waals surface area contributed by atoms with Crippen molar-refractivity contribution in [2.45, 2.75) is 5.75 Å². The zero-order valence-electron chi connectivity index (χ0n) is 5.62. The van der Waals surface area contributed by atoms with Gasteiger partial charge in [0.2, 0.25) is 0 Å². The van der Waals surface area contributed by atoms with Gasteiger partial charge in [0.25, 0.3) is 0 Å². The molecule has 0 amide bonds. The van der Waals surface area contributed by atoms with Gasteiger partial charge in [0.1, 0.15) is 5.82 Å². The van der Waals surface area contributed by atoms with E-state index in [1.54, 1.807) is 6.07 Å². The maximum Gasteiger partial charge on any atom is 0.123 e. The highest BCUT2D eigenvalue weighted by molar-refractivity contribution is 7.78. The molecular weight excluding hydrogens is 167 g/mol. The van der Waals surface area contributed by atoms with Crippen molar-refractivity contribution in [1.29, 1.82) is 0 Å². The highest BCUT2D eigenvalue weighted by atomic mass is 32.2. The van der Waals surface area contributed by atoms with Crippen LogP contribution in [0.1, 0.15) is 5.56 Å². The molecule has 0 aliphatic carbocycles. The molecule has 4 heteroatoms. The summed E-state index contributed by atoms with van der Waals surface area (Å²) in [7, 11) is 0. The molecule has 0 spiro atoms. The fourth-order valence-electron chi connectivity index (χ4n) is 0.763. The fourth-order valence-corrected chi connectivity index (χ4v) is 1.21. The lowest BCUT2D eigenvalue weighted by molar-refractivity contribution is 0.536. The first-order valence-corrected chi connectivity index (χ1v) is 4.23. The Morgan fingerprint density at radius 1 is 1.55 bits per heavy atom. The molecule has 0 aliphatic heterocycles. The Hall–Kier alpha value is -0.740. The van der Waals surface area contributed by atoms with E-state index in [0.29, 0.717) is 5.56 Å². The average molecular weight is 173 g/mol. The monoisotopic (exact) mass is 173 g/mol. The zero-order chi connectivity index (χ0) is 8.27. The van der Waals surface area contributed by atoms with E-state index in [2.05, 4.69) is 0 Å². The first-order valence-electron chi connectivity index (χ1n) is 2.99. The summed E-state index contributed by atoms with van der Waals surface area (Å²) in [5.41, 5.74) is 0.471. The number of halogens is 1. The molecule has 1 atom stereocenters. The van der Waals surface area contributed by atoms with Crippen LogP contribution in [0, 0.1) is 5.82 Å². The molecule has 0 radical (unpaired) electrons. The first-order chi connectivity index (χ1) is 5.18. The Kier molecular flexibility index (Phi) is 2.73. The van der Waals surface area contributed by atoms with Crippen LogP contribution >= 0.6 is 0 Å². The minimum atomic E-state index is -2.14. The van der Waals surface area contributed by atoms with Crippen LogP contribution < -0.4 is 0 Å². The summed E-state index contributed by atoms with van der Waals surface area (Å²) in [5, 5.41) is 0. The molecule has 0 heterocycles. The lowest BCUT2D eigenvalue weighted by Gasteiger charge is -2.03. The summed E-state index contributed by atoms with van der Waals surface area (Å²) in [4.78, 5) is 0. The third kappa shape index (κ3) is 2.78. The Morgan fingerprint density at radius 3 is 2.82 bits per heavy atom. The number of benzene rings is 1. The van der Waals surface area contributed by atoms with Crippen molar-refractivity contribution in [3.05, 3.63) is 35.6 Å². The van der Waals surface area contributed by atoms with E-state index in [-0.39, 0.29) is 5.75 Å². The van der Waals surface area contributed by atoms with Crippen LogP contribution in [0.3, 0.4) is 0 Å². The summed E-state index contributed by atoms with van der Waals surface area (Å²) in [6, 6.07) is 5.53. The molecule has 0 aliphatic rings. The molecular formula is C7H6FO2S-. The van der Waals surface area contributed by atoms with Crippen LogP contribution in [0.5, 0.6) is 0 Å². The van der Waals surface area contributed by atoms with E-state index in [1.165, 1.54) is 18.2 Å². The minimum absolute atomic E-state index is 0.127. The molecule has 0 N–H and O–H groups in total. The van der Waals surface area contributed by atoms with Gasteiger partial charge in [-0.3, -0.25) is 4.21 Å². The SMILES string of the molecule is O=S([O-])Cc1cccc(F)c1. The Bertz CT molecular complexity index is 275. The molecule has 0 saturated heterocycles. The van der Waals surface area contributed by atoms with Crippen molar-refractivity contribution < 1.29 is 13.2 Å². The number of hydrogen-bond donors (Lipinski definition) is 0. The van der Waals surface area contributed by atoms with Gasteiger partial charge in [-0.05, 0) is 17.7 Å². The smallest absolute Gasteiger partial charge is 0.123 e. The zero-order valence-corrected chi connectivity index (χ0v) is 6.44. The largest absolute Gasteiger partial charge is 0.772 e. The Balaban J connectivity index is 2.79. The van der Waals surface area contributed by atoms with Crippen molar-refractivity contribution in [3.63, 3.8) is 0 Å². The van der Waals surface area contributed by atoms with Crippen LogP contribution in [0.4, 0.5) is 4.39 Å². The second kappa shape index (κ2) is 3.59. The summed E-state index contributed by atoms with van der Waals surface area (Å²) >= 11 is -2.14. The molecule has 1 rings (SSSR count). The van der Waals surface area contributed by atoms with Gasteiger partial charge < -0.3 is 4.55 Å². The second-order valence-corrected chi connectivity index (χ2v) is 2.97. The fraction of sp³-hybridized carbons (Fsp3) is 0.143. The van der Waals surface area contributed by atoms with E-state index in [0.717, 1.165) is 0 Å². The van der Waals surface area contributed by atoms with Gasteiger partial charge in [-0.2, -0.15) is 0 Å². The normalized spacial score (nSPS) is 12.9. The summed E-state index contributed by atoms with van der Waals surface area (Å²) in [5.74, 6) is -0.537. The van der Waals surface area contributed by atoms with Gasteiger partial charge >= 0.3 is 0 Å². The van der Waals surface area contributed by atoms with Crippen LogP contribution in [-0.2, 0) is 16.8 Å². The highest BCUT2D eigenvalue weighted by Gasteiger charge is 1.93. The molecule has 11 heavy (non-hydrogen) atoms. The van der Waals surface area contributed by atoms with Crippen molar-refractivity contribution in [3.8, 4) is 0 Å². The third-order valence-electron chi connectivity index (χ3n) is 1.17. The van der Waals surface area contributed by atoms with Crippen LogP contribution in [-0.4, -0.2) is 8.76 Å². The maximum absolute atomic E-state index is 12.4. The lowest BCUT2D eigenvalue weighted by atomic mass is 10.2. The van der Waals surface area contributed by atoms with E-state index in [4.69, 9.17) is 0 Å². The molecule has 1 aromatic rings. The van der Waals surface area contributed by atoms with E-state index >= 15 is 0 Å².